The van der Waals surface area contributed by atoms with Crippen molar-refractivity contribution < 1.29 is 18.3 Å². The molecule has 1 heterocycles. The SMILES string of the molecule is O=C(Nc1c2c(c(Cl)c3c1CCC3)CCC2)NS(=O)(=O)c1ccc(C2(O)CC2)s1. The van der Waals surface area contributed by atoms with Gasteiger partial charge >= 0.3 is 6.03 Å². The standard InChI is InChI=1S/C20H21ClN2O4S2/c21-17-11-3-1-5-13(11)18(14-6-2-4-12(14)17)22-19(24)23-29(26,27)16-8-7-15(28-16)20(25)9-10-20/h7-8,25H,1-6,9-10H2,(H2,22,23,24). The van der Waals surface area contributed by atoms with Crippen LogP contribution < -0.4 is 10.0 Å². The summed E-state index contributed by atoms with van der Waals surface area (Å²) in [4.78, 5) is 13.2. The molecule has 3 N–H and O–H groups in total. The van der Waals surface area contributed by atoms with Gasteiger partial charge in [-0.2, -0.15) is 0 Å². The summed E-state index contributed by atoms with van der Waals surface area (Å²) in [6.45, 7) is 0. The number of urea groups is 1. The molecule has 5 rings (SSSR count). The van der Waals surface area contributed by atoms with Gasteiger partial charge in [0.2, 0.25) is 0 Å². The van der Waals surface area contributed by atoms with E-state index < -0.39 is 21.7 Å². The Morgan fingerprint density at radius 3 is 2.21 bits per heavy atom. The van der Waals surface area contributed by atoms with Gasteiger partial charge in [-0.05, 0) is 85.8 Å². The molecule has 0 bridgehead atoms. The average molecular weight is 453 g/mol. The fourth-order valence-corrected chi connectivity index (χ4v) is 7.21. The maximum absolute atomic E-state index is 12.7. The van der Waals surface area contributed by atoms with Crippen molar-refractivity contribution in [1.29, 1.82) is 0 Å². The third-order valence-corrected chi connectivity index (χ3v) is 9.62. The van der Waals surface area contributed by atoms with Crippen molar-refractivity contribution in [2.45, 2.75) is 61.2 Å². The Morgan fingerprint density at radius 1 is 1.03 bits per heavy atom. The highest BCUT2D eigenvalue weighted by Gasteiger charge is 2.44. The summed E-state index contributed by atoms with van der Waals surface area (Å²) in [5, 5.41) is 13.8. The summed E-state index contributed by atoms with van der Waals surface area (Å²) >= 11 is 7.60. The second-order valence-electron chi connectivity index (χ2n) is 8.02. The lowest BCUT2D eigenvalue weighted by molar-refractivity contribution is 0.155. The molecule has 2 aromatic rings. The molecule has 6 nitrogen and oxygen atoms in total. The van der Waals surface area contributed by atoms with Crippen LogP contribution in [0, 0.1) is 0 Å². The fraction of sp³-hybridized carbons (Fsp3) is 0.450. The van der Waals surface area contributed by atoms with E-state index in [1.165, 1.54) is 6.07 Å². The van der Waals surface area contributed by atoms with Gasteiger partial charge in [0.15, 0.2) is 0 Å². The number of thiophene rings is 1. The normalized spacial score (nSPS) is 19.0. The zero-order valence-corrected chi connectivity index (χ0v) is 18.1. The van der Waals surface area contributed by atoms with Gasteiger partial charge in [0.1, 0.15) is 4.21 Å². The van der Waals surface area contributed by atoms with Crippen molar-refractivity contribution in [3.63, 3.8) is 0 Å². The molecule has 0 unspecified atom stereocenters. The lowest BCUT2D eigenvalue weighted by atomic mass is 9.98. The number of anilines is 1. The van der Waals surface area contributed by atoms with E-state index in [9.17, 15) is 18.3 Å². The molecule has 0 atom stereocenters. The van der Waals surface area contributed by atoms with Crippen LogP contribution in [0.3, 0.4) is 0 Å². The minimum absolute atomic E-state index is 0.0227. The molecule has 0 aliphatic heterocycles. The molecule has 2 amide bonds. The first-order valence-corrected chi connectivity index (χ1v) is 12.5. The Kier molecular flexibility index (Phi) is 4.47. The number of nitrogens with one attached hydrogen (secondary N) is 2. The zero-order valence-electron chi connectivity index (χ0n) is 15.7. The first kappa shape index (κ1) is 19.4. The van der Waals surface area contributed by atoms with E-state index >= 15 is 0 Å². The van der Waals surface area contributed by atoms with Gasteiger partial charge in [-0.3, -0.25) is 0 Å². The van der Waals surface area contributed by atoms with Gasteiger partial charge in [0, 0.05) is 15.6 Å². The molecule has 29 heavy (non-hydrogen) atoms. The van der Waals surface area contributed by atoms with Gasteiger partial charge in [0.05, 0.1) is 5.60 Å². The summed E-state index contributed by atoms with van der Waals surface area (Å²) < 4.78 is 27.4. The van der Waals surface area contributed by atoms with Gasteiger partial charge in [0.25, 0.3) is 10.0 Å². The molecule has 1 fully saturated rings. The van der Waals surface area contributed by atoms with Crippen LogP contribution in [0.15, 0.2) is 16.3 Å². The summed E-state index contributed by atoms with van der Waals surface area (Å²) in [7, 11) is -4.01. The Bertz CT molecular complexity index is 1100. The molecule has 0 spiro atoms. The Hall–Kier alpha value is -1.61. The highest BCUT2D eigenvalue weighted by atomic mass is 35.5. The number of benzene rings is 1. The van der Waals surface area contributed by atoms with Crippen LogP contribution in [0.5, 0.6) is 0 Å². The van der Waals surface area contributed by atoms with E-state index in [4.69, 9.17) is 11.6 Å². The minimum atomic E-state index is -4.01. The number of halogens is 1. The van der Waals surface area contributed by atoms with Crippen LogP contribution in [0.4, 0.5) is 10.5 Å². The Labute approximate surface area is 178 Å². The fourth-order valence-electron chi connectivity index (χ4n) is 4.43. The van der Waals surface area contributed by atoms with Crippen LogP contribution in [0.2, 0.25) is 5.02 Å². The van der Waals surface area contributed by atoms with Crippen molar-refractivity contribution >= 4 is 44.7 Å². The predicted molar refractivity (Wildman–Crippen MR) is 112 cm³/mol. The Balaban J connectivity index is 1.40. The van der Waals surface area contributed by atoms with Crippen LogP contribution in [-0.4, -0.2) is 19.6 Å². The molecule has 154 valence electrons. The van der Waals surface area contributed by atoms with Crippen molar-refractivity contribution in [3.8, 4) is 0 Å². The smallest absolute Gasteiger partial charge is 0.333 e. The summed E-state index contributed by atoms with van der Waals surface area (Å²) in [5.74, 6) is 0. The monoisotopic (exact) mass is 452 g/mol. The molecular weight excluding hydrogens is 432 g/mol. The van der Waals surface area contributed by atoms with E-state index in [1.54, 1.807) is 6.07 Å². The molecule has 3 aliphatic carbocycles. The predicted octanol–water partition coefficient (Wildman–Crippen LogP) is 3.87. The van der Waals surface area contributed by atoms with E-state index in [-0.39, 0.29) is 4.21 Å². The number of sulfonamides is 1. The lowest BCUT2D eigenvalue weighted by Crippen LogP contribution is -2.34. The molecule has 3 aliphatic rings. The van der Waals surface area contributed by atoms with Gasteiger partial charge in [-0.25, -0.2) is 17.9 Å². The number of fused-ring (bicyclic) bond motifs is 2. The number of hydrogen-bond acceptors (Lipinski definition) is 5. The Morgan fingerprint density at radius 2 is 1.62 bits per heavy atom. The molecule has 1 aromatic carbocycles. The number of rotatable bonds is 4. The summed E-state index contributed by atoms with van der Waals surface area (Å²) in [5.41, 5.74) is 4.10. The largest absolute Gasteiger partial charge is 0.384 e. The number of hydrogen-bond donors (Lipinski definition) is 3. The van der Waals surface area contributed by atoms with Crippen LogP contribution in [-0.2, 0) is 41.3 Å². The van der Waals surface area contributed by atoms with Crippen LogP contribution >= 0.6 is 22.9 Å². The van der Waals surface area contributed by atoms with Gasteiger partial charge < -0.3 is 10.4 Å². The number of carbonyl (C=O) groups excluding carboxylic acids is 1. The first-order valence-electron chi connectivity index (χ1n) is 9.80. The molecule has 0 saturated heterocycles. The maximum atomic E-state index is 12.7. The van der Waals surface area contributed by atoms with Crippen LogP contribution in [0.1, 0.15) is 52.8 Å². The lowest BCUT2D eigenvalue weighted by Gasteiger charge is -2.18. The second-order valence-corrected chi connectivity index (χ2v) is 11.4. The average Bonchev–Trinajstić information content (AvgIpc) is 3.17. The number of aliphatic hydroxyl groups is 1. The van der Waals surface area contributed by atoms with Gasteiger partial charge in [-0.1, -0.05) is 11.6 Å². The van der Waals surface area contributed by atoms with Crippen molar-refractivity contribution in [1.82, 2.24) is 4.72 Å². The van der Waals surface area contributed by atoms with Crippen molar-refractivity contribution in [2.24, 2.45) is 0 Å². The summed E-state index contributed by atoms with van der Waals surface area (Å²) in [6, 6.07) is 2.28. The molecule has 0 radical (unpaired) electrons. The van der Waals surface area contributed by atoms with E-state index in [2.05, 4.69) is 10.0 Å². The number of carbonyl (C=O) groups is 1. The van der Waals surface area contributed by atoms with E-state index in [0.29, 0.717) is 17.7 Å². The molecule has 9 heteroatoms. The molecule has 1 saturated carbocycles. The molecular formula is C20H21ClN2O4S2. The highest BCUT2D eigenvalue weighted by Crippen LogP contribution is 2.48. The first-order chi connectivity index (χ1) is 13.8. The van der Waals surface area contributed by atoms with E-state index in [1.807, 2.05) is 0 Å². The van der Waals surface area contributed by atoms with Crippen LogP contribution in [0.25, 0.3) is 0 Å². The van der Waals surface area contributed by atoms with E-state index in [0.717, 1.165) is 82.8 Å². The molecule has 1 aromatic heterocycles. The maximum Gasteiger partial charge on any atom is 0.333 e. The van der Waals surface area contributed by atoms with Crippen molar-refractivity contribution in [2.75, 3.05) is 5.32 Å². The summed E-state index contributed by atoms with van der Waals surface area (Å²) in [6.07, 6.45) is 6.66. The topological polar surface area (TPSA) is 95.5 Å². The number of amides is 2. The minimum Gasteiger partial charge on any atom is -0.384 e. The third kappa shape index (κ3) is 3.26. The zero-order chi connectivity index (χ0) is 20.4. The quantitative estimate of drug-likeness (QED) is 0.656. The van der Waals surface area contributed by atoms with Gasteiger partial charge in [-0.15, -0.1) is 11.3 Å². The van der Waals surface area contributed by atoms with Crippen molar-refractivity contribution in [3.05, 3.63) is 44.3 Å². The second kappa shape index (κ2) is 6.70. The third-order valence-electron chi connectivity index (χ3n) is 6.06. The highest BCUT2D eigenvalue weighted by molar-refractivity contribution is 7.92.